The second-order valence-corrected chi connectivity index (χ2v) is 7.75. The SMILES string of the molecule is O=C(NC1CCN(C2CC2)CC1)N1CCC[C@@H]1C[C@H](O)c1ccco1. The number of urea groups is 1. The molecule has 2 atom stereocenters. The number of furan rings is 1. The molecule has 2 saturated heterocycles. The zero-order valence-corrected chi connectivity index (χ0v) is 14.8. The first-order chi connectivity index (χ1) is 12.2. The number of rotatable bonds is 5. The van der Waals surface area contributed by atoms with Gasteiger partial charge in [-0.25, -0.2) is 4.79 Å². The minimum Gasteiger partial charge on any atom is -0.467 e. The summed E-state index contributed by atoms with van der Waals surface area (Å²) in [5.41, 5.74) is 0. The van der Waals surface area contributed by atoms with Gasteiger partial charge in [0.25, 0.3) is 0 Å². The van der Waals surface area contributed by atoms with Gasteiger partial charge in [-0.1, -0.05) is 0 Å². The normalized spacial score (nSPS) is 26.8. The fourth-order valence-electron chi connectivity index (χ4n) is 4.31. The number of nitrogens with one attached hydrogen (secondary N) is 1. The number of carbonyl (C=O) groups excluding carboxylic acids is 1. The highest BCUT2D eigenvalue weighted by molar-refractivity contribution is 5.75. The van der Waals surface area contributed by atoms with E-state index in [1.54, 1.807) is 18.4 Å². The van der Waals surface area contributed by atoms with Crippen molar-refractivity contribution in [3.05, 3.63) is 24.2 Å². The lowest BCUT2D eigenvalue weighted by molar-refractivity contribution is 0.106. The number of hydrogen-bond donors (Lipinski definition) is 2. The Kier molecular flexibility index (Phi) is 4.99. The molecule has 2 N–H and O–H groups in total. The van der Waals surface area contributed by atoms with Gasteiger partial charge in [0.15, 0.2) is 0 Å². The monoisotopic (exact) mass is 347 g/mol. The van der Waals surface area contributed by atoms with Gasteiger partial charge in [-0.2, -0.15) is 0 Å². The molecule has 1 saturated carbocycles. The van der Waals surface area contributed by atoms with Crippen LogP contribution in [0.5, 0.6) is 0 Å². The van der Waals surface area contributed by atoms with Crippen LogP contribution in [0.1, 0.15) is 56.8 Å². The Labute approximate surface area is 149 Å². The van der Waals surface area contributed by atoms with E-state index in [0.29, 0.717) is 18.2 Å². The van der Waals surface area contributed by atoms with Gasteiger partial charge in [-0.15, -0.1) is 0 Å². The lowest BCUT2D eigenvalue weighted by Gasteiger charge is -2.34. The molecule has 4 rings (SSSR count). The average Bonchev–Trinajstić information content (AvgIpc) is 3.12. The lowest BCUT2D eigenvalue weighted by Crippen LogP contribution is -2.50. The summed E-state index contributed by atoms with van der Waals surface area (Å²) in [5, 5.41) is 13.6. The highest BCUT2D eigenvalue weighted by atomic mass is 16.4. The van der Waals surface area contributed by atoms with Crippen molar-refractivity contribution in [2.45, 2.75) is 69.2 Å². The first kappa shape index (κ1) is 16.9. The van der Waals surface area contributed by atoms with E-state index in [2.05, 4.69) is 10.2 Å². The van der Waals surface area contributed by atoms with E-state index in [9.17, 15) is 9.90 Å². The summed E-state index contributed by atoms with van der Waals surface area (Å²) in [6.45, 7) is 2.99. The molecule has 0 unspecified atom stereocenters. The Balaban J connectivity index is 1.27. The van der Waals surface area contributed by atoms with Gasteiger partial charge < -0.3 is 24.6 Å². The third kappa shape index (κ3) is 4.01. The van der Waals surface area contributed by atoms with Crippen molar-refractivity contribution in [1.29, 1.82) is 0 Å². The molecular weight excluding hydrogens is 318 g/mol. The van der Waals surface area contributed by atoms with Crippen LogP contribution in [0.3, 0.4) is 0 Å². The van der Waals surface area contributed by atoms with Crippen molar-refractivity contribution in [3.8, 4) is 0 Å². The van der Waals surface area contributed by atoms with E-state index in [1.165, 1.54) is 12.8 Å². The van der Waals surface area contributed by atoms with Gasteiger partial charge in [-0.05, 0) is 50.7 Å². The van der Waals surface area contributed by atoms with Gasteiger partial charge >= 0.3 is 6.03 Å². The van der Waals surface area contributed by atoms with Gasteiger partial charge in [-0.3, -0.25) is 0 Å². The van der Waals surface area contributed by atoms with Gasteiger partial charge in [0.2, 0.25) is 0 Å². The molecule has 25 heavy (non-hydrogen) atoms. The molecule has 6 heteroatoms. The maximum absolute atomic E-state index is 12.7. The molecule has 3 fully saturated rings. The molecule has 3 aliphatic rings. The standard InChI is InChI=1S/C19H29N3O3/c23-17(18-4-2-12-25-18)13-16-3-1-9-22(16)19(24)20-14-7-10-21(11-8-14)15-5-6-15/h2,4,12,14-17,23H,1,3,5-11,13H2,(H,20,24)/t16-,17+/m1/s1. The number of hydrogen-bond acceptors (Lipinski definition) is 4. The summed E-state index contributed by atoms with van der Waals surface area (Å²) in [5.74, 6) is 0.583. The van der Waals surface area contributed by atoms with E-state index >= 15 is 0 Å². The second kappa shape index (κ2) is 7.38. The van der Waals surface area contributed by atoms with E-state index in [1.807, 2.05) is 4.90 Å². The molecule has 1 aliphatic carbocycles. The molecule has 1 aromatic heterocycles. The van der Waals surface area contributed by atoms with Crippen molar-refractivity contribution in [2.24, 2.45) is 0 Å². The number of likely N-dealkylation sites (tertiary alicyclic amines) is 2. The molecule has 0 bridgehead atoms. The zero-order valence-electron chi connectivity index (χ0n) is 14.8. The number of amides is 2. The Morgan fingerprint density at radius 2 is 2.04 bits per heavy atom. The maximum Gasteiger partial charge on any atom is 0.317 e. The number of aliphatic hydroxyl groups is 1. The molecule has 0 radical (unpaired) electrons. The molecule has 6 nitrogen and oxygen atoms in total. The first-order valence-corrected chi connectivity index (χ1v) is 9.73. The van der Waals surface area contributed by atoms with Crippen molar-refractivity contribution in [2.75, 3.05) is 19.6 Å². The molecule has 2 aliphatic heterocycles. The average molecular weight is 347 g/mol. The van der Waals surface area contributed by atoms with Crippen LogP contribution in [-0.2, 0) is 0 Å². The molecule has 2 amide bonds. The van der Waals surface area contributed by atoms with E-state index in [4.69, 9.17) is 4.42 Å². The quantitative estimate of drug-likeness (QED) is 0.859. The zero-order chi connectivity index (χ0) is 17.2. The minimum atomic E-state index is -0.643. The fraction of sp³-hybridized carbons (Fsp3) is 0.737. The summed E-state index contributed by atoms with van der Waals surface area (Å²) in [7, 11) is 0. The summed E-state index contributed by atoms with van der Waals surface area (Å²) in [6, 6.07) is 4.82. The molecule has 138 valence electrons. The molecule has 3 heterocycles. The minimum absolute atomic E-state index is 0.0408. The third-order valence-electron chi connectivity index (χ3n) is 5.93. The summed E-state index contributed by atoms with van der Waals surface area (Å²) < 4.78 is 5.28. The van der Waals surface area contributed by atoms with Crippen molar-refractivity contribution in [3.63, 3.8) is 0 Å². The summed E-state index contributed by atoms with van der Waals surface area (Å²) in [4.78, 5) is 17.2. The smallest absolute Gasteiger partial charge is 0.317 e. The van der Waals surface area contributed by atoms with Crippen LogP contribution in [-0.4, -0.2) is 58.7 Å². The third-order valence-corrected chi connectivity index (χ3v) is 5.93. The lowest BCUT2D eigenvalue weighted by atomic mass is 10.0. The number of piperidine rings is 1. The predicted molar refractivity (Wildman–Crippen MR) is 94.2 cm³/mol. The van der Waals surface area contributed by atoms with Gasteiger partial charge in [0.1, 0.15) is 11.9 Å². The number of nitrogens with zero attached hydrogens (tertiary/aromatic N) is 2. The molecule has 0 spiro atoms. The second-order valence-electron chi connectivity index (χ2n) is 7.75. The summed E-state index contributed by atoms with van der Waals surface area (Å²) in [6.07, 6.45) is 8.23. The van der Waals surface area contributed by atoms with Crippen LogP contribution in [0.25, 0.3) is 0 Å². The first-order valence-electron chi connectivity index (χ1n) is 9.73. The number of aliphatic hydroxyl groups excluding tert-OH is 1. The van der Waals surface area contributed by atoms with Crippen LogP contribution >= 0.6 is 0 Å². The van der Waals surface area contributed by atoms with Gasteiger partial charge in [0, 0.05) is 44.2 Å². The maximum atomic E-state index is 12.7. The van der Waals surface area contributed by atoms with Crippen molar-refractivity contribution >= 4 is 6.03 Å². The Hall–Kier alpha value is -1.53. The van der Waals surface area contributed by atoms with Crippen LogP contribution in [0.4, 0.5) is 4.79 Å². The summed E-state index contributed by atoms with van der Waals surface area (Å²) >= 11 is 0. The Morgan fingerprint density at radius 3 is 2.72 bits per heavy atom. The van der Waals surface area contributed by atoms with E-state index in [0.717, 1.165) is 51.4 Å². The highest BCUT2D eigenvalue weighted by Crippen LogP contribution is 2.30. The van der Waals surface area contributed by atoms with E-state index < -0.39 is 6.10 Å². The highest BCUT2D eigenvalue weighted by Gasteiger charge is 2.35. The van der Waals surface area contributed by atoms with Crippen molar-refractivity contribution < 1.29 is 14.3 Å². The fourth-order valence-corrected chi connectivity index (χ4v) is 4.31. The topological polar surface area (TPSA) is 69.0 Å². The van der Waals surface area contributed by atoms with Crippen LogP contribution in [0.2, 0.25) is 0 Å². The molecular formula is C19H29N3O3. The van der Waals surface area contributed by atoms with Crippen molar-refractivity contribution in [1.82, 2.24) is 15.1 Å². The van der Waals surface area contributed by atoms with E-state index in [-0.39, 0.29) is 12.1 Å². The largest absolute Gasteiger partial charge is 0.467 e. The predicted octanol–water partition coefficient (Wildman–Crippen LogP) is 2.50. The van der Waals surface area contributed by atoms with Gasteiger partial charge in [0.05, 0.1) is 6.26 Å². The Bertz CT molecular complexity index is 564. The van der Waals surface area contributed by atoms with Crippen LogP contribution in [0.15, 0.2) is 22.8 Å². The number of carbonyl (C=O) groups is 1. The van der Waals surface area contributed by atoms with Crippen LogP contribution in [0, 0.1) is 0 Å². The molecule has 1 aromatic rings. The Morgan fingerprint density at radius 1 is 1.24 bits per heavy atom. The molecule has 0 aromatic carbocycles. The van der Waals surface area contributed by atoms with Crippen LogP contribution < -0.4 is 5.32 Å².